The zero-order valence-corrected chi connectivity index (χ0v) is 10.9. The third-order valence-corrected chi connectivity index (χ3v) is 2.55. The van der Waals surface area contributed by atoms with Crippen LogP contribution in [-0.2, 0) is 10.9 Å². The molecule has 0 heterocycles. The van der Waals surface area contributed by atoms with Crippen molar-refractivity contribution in [3.8, 4) is 0 Å². The predicted octanol–water partition coefficient (Wildman–Crippen LogP) is 4.05. The van der Waals surface area contributed by atoms with E-state index in [9.17, 15) is 13.2 Å². The monoisotopic (exact) mass is 281 g/mol. The van der Waals surface area contributed by atoms with Crippen molar-refractivity contribution >= 4 is 17.3 Å². The van der Waals surface area contributed by atoms with Gasteiger partial charge >= 0.3 is 6.18 Å². The van der Waals surface area contributed by atoms with E-state index in [1.807, 2.05) is 6.92 Å². The molecule has 1 unspecified atom stereocenters. The molecule has 0 fully saturated rings. The van der Waals surface area contributed by atoms with E-state index >= 15 is 0 Å². The van der Waals surface area contributed by atoms with Crippen LogP contribution in [0.5, 0.6) is 0 Å². The molecule has 0 aromatic heterocycles. The number of rotatable bonds is 5. The number of anilines is 1. The minimum atomic E-state index is -4.39. The molecule has 1 atom stereocenters. The summed E-state index contributed by atoms with van der Waals surface area (Å²) >= 11 is 5.67. The van der Waals surface area contributed by atoms with Gasteiger partial charge < -0.3 is 10.1 Å². The van der Waals surface area contributed by atoms with E-state index in [0.717, 1.165) is 12.1 Å². The second kappa shape index (κ2) is 6.29. The fourth-order valence-electron chi connectivity index (χ4n) is 1.49. The number of benzene rings is 1. The van der Waals surface area contributed by atoms with Gasteiger partial charge in [-0.15, -0.1) is 0 Å². The zero-order valence-electron chi connectivity index (χ0n) is 10.1. The zero-order chi connectivity index (χ0) is 13.8. The lowest BCUT2D eigenvalue weighted by Crippen LogP contribution is -2.16. The Hall–Kier alpha value is -0.940. The average Bonchev–Trinajstić information content (AvgIpc) is 2.25. The second-order valence-corrected chi connectivity index (χ2v) is 4.60. The molecule has 1 aromatic carbocycles. The minimum absolute atomic E-state index is 0.0618. The van der Waals surface area contributed by atoms with Crippen LogP contribution in [0.15, 0.2) is 18.2 Å². The summed E-state index contributed by atoms with van der Waals surface area (Å²) in [6.45, 7) is 3.00. The molecule has 6 heteroatoms. The van der Waals surface area contributed by atoms with E-state index in [2.05, 4.69) is 5.32 Å². The van der Waals surface area contributed by atoms with Gasteiger partial charge in [-0.3, -0.25) is 0 Å². The standard InChI is InChI=1S/C12H15ClF3NO/c1-8(7-18-2)6-17-11-4-9(12(14,15)16)3-10(13)5-11/h3-5,8,17H,6-7H2,1-2H3. The summed E-state index contributed by atoms with van der Waals surface area (Å²) in [4.78, 5) is 0. The molecule has 2 nitrogen and oxygen atoms in total. The summed E-state index contributed by atoms with van der Waals surface area (Å²) in [6, 6.07) is 3.42. The Morgan fingerprint density at radius 1 is 1.33 bits per heavy atom. The van der Waals surface area contributed by atoms with Crippen LogP contribution in [0.2, 0.25) is 5.02 Å². The van der Waals surface area contributed by atoms with Gasteiger partial charge in [0.1, 0.15) is 0 Å². The van der Waals surface area contributed by atoms with Gasteiger partial charge in [-0.1, -0.05) is 18.5 Å². The molecule has 0 amide bonds. The highest BCUT2D eigenvalue weighted by Crippen LogP contribution is 2.33. The van der Waals surface area contributed by atoms with Gasteiger partial charge in [-0.25, -0.2) is 0 Å². The summed E-state index contributed by atoms with van der Waals surface area (Å²) in [5.41, 5.74) is -0.394. The van der Waals surface area contributed by atoms with Crippen molar-refractivity contribution in [1.82, 2.24) is 0 Å². The van der Waals surface area contributed by atoms with Gasteiger partial charge in [0.05, 0.1) is 12.2 Å². The normalized spacial score (nSPS) is 13.4. The second-order valence-electron chi connectivity index (χ2n) is 4.17. The Bertz CT molecular complexity index is 395. The largest absolute Gasteiger partial charge is 0.416 e. The molecule has 1 aromatic rings. The van der Waals surface area contributed by atoms with Crippen molar-refractivity contribution in [2.75, 3.05) is 25.6 Å². The molecule has 1 rings (SSSR count). The van der Waals surface area contributed by atoms with Crippen molar-refractivity contribution in [1.29, 1.82) is 0 Å². The van der Waals surface area contributed by atoms with E-state index < -0.39 is 11.7 Å². The van der Waals surface area contributed by atoms with E-state index in [4.69, 9.17) is 16.3 Å². The molecule has 18 heavy (non-hydrogen) atoms. The minimum Gasteiger partial charge on any atom is -0.385 e. The summed E-state index contributed by atoms with van der Waals surface area (Å²) in [6.07, 6.45) is -4.39. The van der Waals surface area contributed by atoms with Gasteiger partial charge in [-0.2, -0.15) is 13.2 Å². The summed E-state index contributed by atoms with van der Waals surface area (Å²) in [5.74, 6) is 0.198. The SMILES string of the molecule is COCC(C)CNc1cc(Cl)cc(C(F)(F)F)c1. The van der Waals surface area contributed by atoms with Crippen molar-refractivity contribution in [2.45, 2.75) is 13.1 Å². The Morgan fingerprint density at radius 3 is 2.56 bits per heavy atom. The highest BCUT2D eigenvalue weighted by Gasteiger charge is 2.31. The third-order valence-electron chi connectivity index (χ3n) is 2.33. The lowest BCUT2D eigenvalue weighted by atomic mass is 10.1. The first-order valence-electron chi connectivity index (χ1n) is 5.43. The van der Waals surface area contributed by atoms with E-state index in [-0.39, 0.29) is 10.9 Å². The number of alkyl halides is 3. The summed E-state index contributed by atoms with van der Waals surface area (Å²) in [7, 11) is 1.58. The van der Waals surface area contributed by atoms with Gasteiger partial charge in [0, 0.05) is 24.4 Å². The van der Waals surface area contributed by atoms with Crippen LogP contribution in [0.4, 0.5) is 18.9 Å². The lowest BCUT2D eigenvalue weighted by Gasteiger charge is -2.14. The van der Waals surface area contributed by atoms with Gasteiger partial charge in [0.15, 0.2) is 0 Å². The molecule has 0 aliphatic carbocycles. The quantitative estimate of drug-likeness (QED) is 0.879. The van der Waals surface area contributed by atoms with Crippen LogP contribution in [0.3, 0.4) is 0 Å². The van der Waals surface area contributed by atoms with Crippen LogP contribution < -0.4 is 5.32 Å². The first-order valence-corrected chi connectivity index (χ1v) is 5.81. The van der Waals surface area contributed by atoms with E-state index in [0.29, 0.717) is 18.8 Å². The maximum absolute atomic E-state index is 12.6. The molecule has 0 aliphatic heterocycles. The Labute approximate surface area is 109 Å². The molecule has 0 saturated heterocycles. The van der Waals surface area contributed by atoms with Gasteiger partial charge in [0.25, 0.3) is 0 Å². The highest BCUT2D eigenvalue weighted by molar-refractivity contribution is 6.30. The molecule has 0 radical (unpaired) electrons. The van der Waals surface area contributed by atoms with Crippen molar-refractivity contribution < 1.29 is 17.9 Å². The van der Waals surface area contributed by atoms with Crippen molar-refractivity contribution in [3.05, 3.63) is 28.8 Å². The number of methoxy groups -OCH3 is 1. The Balaban J connectivity index is 2.75. The molecule has 0 aliphatic rings. The number of nitrogens with one attached hydrogen (secondary N) is 1. The molecule has 1 N–H and O–H groups in total. The summed E-state index contributed by atoms with van der Waals surface area (Å²) < 4.78 is 42.6. The maximum Gasteiger partial charge on any atom is 0.416 e. The Morgan fingerprint density at radius 2 is 2.00 bits per heavy atom. The van der Waals surface area contributed by atoms with Crippen LogP contribution in [0.1, 0.15) is 12.5 Å². The van der Waals surface area contributed by atoms with Gasteiger partial charge in [-0.05, 0) is 24.1 Å². The third kappa shape index (κ3) is 4.74. The molecular formula is C12H15ClF3NO. The van der Waals surface area contributed by atoms with Crippen LogP contribution in [0.25, 0.3) is 0 Å². The fraction of sp³-hybridized carbons (Fsp3) is 0.500. The van der Waals surface area contributed by atoms with Crippen LogP contribution in [-0.4, -0.2) is 20.3 Å². The average molecular weight is 282 g/mol. The number of hydrogen-bond donors (Lipinski definition) is 1. The van der Waals surface area contributed by atoms with Crippen molar-refractivity contribution in [3.63, 3.8) is 0 Å². The molecule has 102 valence electrons. The van der Waals surface area contributed by atoms with E-state index in [1.165, 1.54) is 6.07 Å². The smallest absolute Gasteiger partial charge is 0.385 e. The number of hydrogen-bond acceptors (Lipinski definition) is 2. The topological polar surface area (TPSA) is 21.3 Å². The fourth-order valence-corrected chi connectivity index (χ4v) is 1.73. The molecule has 0 bridgehead atoms. The van der Waals surface area contributed by atoms with Crippen LogP contribution >= 0.6 is 11.6 Å². The molecular weight excluding hydrogens is 267 g/mol. The van der Waals surface area contributed by atoms with Crippen molar-refractivity contribution in [2.24, 2.45) is 5.92 Å². The highest BCUT2D eigenvalue weighted by atomic mass is 35.5. The Kier molecular flexibility index (Phi) is 5.28. The van der Waals surface area contributed by atoms with E-state index in [1.54, 1.807) is 7.11 Å². The molecule has 0 saturated carbocycles. The first kappa shape index (κ1) is 15.1. The lowest BCUT2D eigenvalue weighted by molar-refractivity contribution is -0.137. The van der Waals surface area contributed by atoms with Gasteiger partial charge in [0.2, 0.25) is 0 Å². The maximum atomic E-state index is 12.6. The number of halogens is 4. The predicted molar refractivity (Wildman–Crippen MR) is 66.0 cm³/mol. The van der Waals surface area contributed by atoms with Crippen LogP contribution in [0, 0.1) is 5.92 Å². The summed E-state index contributed by atoms with van der Waals surface area (Å²) in [5, 5.41) is 2.98. The number of ether oxygens (including phenoxy) is 1. The first-order chi connectivity index (χ1) is 8.32. The molecule has 0 spiro atoms.